The van der Waals surface area contributed by atoms with Gasteiger partial charge >= 0.3 is 0 Å². The molecule has 1 aliphatic heterocycles. The van der Waals surface area contributed by atoms with Crippen LogP contribution in [0.4, 0.5) is 5.82 Å². The van der Waals surface area contributed by atoms with Gasteiger partial charge in [0.2, 0.25) is 0 Å². The molecule has 1 saturated heterocycles. The molecule has 0 bridgehead atoms. The molecule has 43 heavy (non-hydrogen) atoms. The van der Waals surface area contributed by atoms with Gasteiger partial charge in [0.25, 0.3) is 5.91 Å². The van der Waals surface area contributed by atoms with Crippen LogP contribution < -0.4 is 10.2 Å². The number of anilines is 1. The van der Waals surface area contributed by atoms with Gasteiger partial charge in [-0.3, -0.25) is 9.48 Å². The molecule has 1 N–H and O–H groups in total. The smallest absolute Gasteiger partial charge is 0.271 e. The summed E-state index contributed by atoms with van der Waals surface area (Å²) in [6.07, 6.45) is 10.5. The zero-order valence-electron chi connectivity index (χ0n) is 23.8. The summed E-state index contributed by atoms with van der Waals surface area (Å²) in [6.45, 7) is 3.80. The number of carbonyl (C=O) groups is 1. The molecule has 1 saturated carbocycles. The molecule has 0 radical (unpaired) electrons. The average molecular weight is 569 g/mol. The van der Waals surface area contributed by atoms with Crippen molar-refractivity contribution < 1.29 is 4.79 Å². The molecule has 5 aromatic rings. The lowest BCUT2D eigenvalue weighted by Gasteiger charge is -2.28. The Labute approximate surface area is 248 Å². The largest absolute Gasteiger partial charge is 0.356 e. The fourth-order valence-corrected chi connectivity index (χ4v) is 6.81. The third kappa shape index (κ3) is 4.65. The van der Waals surface area contributed by atoms with Crippen LogP contribution in [0.15, 0.2) is 67.4 Å². The van der Waals surface area contributed by atoms with Crippen LogP contribution in [0.3, 0.4) is 0 Å². The van der Waals surface area contributed by atoms with Crippen LogP contribution in [0.25, 0.3) is 27.9 Å². The monoisotopic (exact) mass is 568 g/mol. The Morgan fingerprint density at radius 1 is 1.02 bits per heavy atom. The van der Waals surface area contributed by atoms with Crippen molar-refractivity contribution in [2.45, 2.75) is 25.3 Å². The quantitative estimate of drug-likeness (QED) is 0.336. The lowest BCUT2D eigenvalue weighted by molar-refractivity contribution is 0.0899. The normalized spacial score (nSPS) is 21.0. The summed E-state index contributed by atoms with van der Waals surface area (Å²) in [5.41, 5.74) is 4.82. The highest BCUT2D eigenvalue weighted by Gasteiger charge is 2.47. The van der Waals surface area contributed by atoms with Crippen LogP contribution in [-0.4, -0.2) is 53.9 Å². The summed E-state index contributed by atoms with van der Waals surface area (Å²) < 4.78 is 3.49. The first-order valence-corrected chi connectivity index (χ1v) is 14.1. The summed E-state index contributed by atoms with van der Waals surface area (Å²) >= 11 is 0. The number of nitrogens with one attached hydrogen (secondary N) is 1. The highest BCUT2D eigenvalue weighted by atomic mass is 16.2. The number of hydrogen-bond donors (Lipinski definition) is 1. The molecule has 212 valence electrons. The Hall–Kier alpha value is -5.55. The summed E-state index contributed by atoms with van der Waals surface area (Å²) in [5.74, 6) is 1.45. The Morgan fingerprint density at radius 3 is 2.49 bits per heavy atom. The van der Waals surface area contributed by atoms with Crippen molar-refractivity contribution in [3.05, 3.63) is 84.2 Å². The second kappa shape index (κ2) is 10.1. The number of carbonyl (C=O) groups excluding carboxylic acids is 1. The molecule has 11 heteroatoms. The van der Waals surface area contributed by atoms with Crippen molar-refractivity contribution in [2.24, 2.45) is 18.9 Å². The number of pyridine rings is 3. The summed E-state index contributed by atoms with van der Waals surface area (Å²) in [5, 5.41) is 31.2. The van der Waals surface area contributed by atoms with E-state index in [1.165, 1.54) is 6.20 Å². The van der Waals surface area contributed by atoms with E-state index >= 15 is 0 Å². The maximum absolute atomic E-state index is 13.0. The molecule has 1 unspecified atom stereocenters. The third-order valence-corrected chi connectivity index (χ3v) is 8.68. The van der Waals surface area contributed by atoms with Crippen molar-refractivity contribution >= 4 is 17.2 Å². The van der Waals surface area contributed by atoms with Crippen LogP contribution >= 0.6 is 0 Å². The number of hydrogen-bond acceptors (Lipinski definition) is 8. The number of nitriles is 2. The molecule has 3 atom stereocenters. The van der Waals surface area contributed by atoms with Crippen LogP contribution in [0.2, 0.25) is 0 Å². The number of amides is 1. The summed E-state index contributed by atoms with van der Waals surface area (Å²) in [7, 11) is 1.88. The SMILES string of the molecule is Cn1ccc(-c2cc(-c3ccc(N4C[C@@H]5CC(C)(NC(=O)c6ncccc6C#N)C[C@@H]5C4)nc3)c3c(C#N)cnn3c2)n1. The van der Waals surface area contributed by atoms with E-state index in [4.69, 9.17) is 4.98 Å². The van der Waals surface area contributed by atoms with E-state index in [-0.39, 0.29) is 22.7 Å². The minimum Gasteiger partial charge on any atom is -0.356 e. The van der Waals surface area contributed by atoms with Crippen LogP contribution in [-0.2, 0) is 7.05 Å². The Bertz CT molecular complexity index is 1940. The number of aryl methyl sites for hydroxylation is 1. The Balaban J connectivity index is 1.09. The molecular formula is C32H28N10O. The Morgan fingerprint density at radius 2 is 1.81 bits per heavy atom. The minimum absolute atomic E-state index is 0.176. The highest BCUT2D eigenvalue weighted by Crippen LogP contribution is 2.45. The third-order valence-electron chi connectivity index (χ3n) is 8.68. The first kappa shape index (κ1) is 26.4. The fourth-order valence-electron chi connectivity index (χ4n) is 6.81. The van der Waals surface area contributed by atoms with Crippen molar-refractivity contribution in [3.8, 4) is 34.5 Å². The van der Waals surface area contributed by atoms with E-state index in [2.05, 4.69) is 44.5 Å². The summed E-state index contributed by atoms with van der Waals surface area (Å²) in [4.78, 5) is 24.3. The van der Waals surface area contributed by atoms with Crippen molar-refractivity contribution in [2.75, 3.05) is 18.0 Å². The lowest BCUT2D eigenvalue weighted by atomic mass is 9.97. The molecule has 2 aliphatic rings. The molecule has 11 nitrogen and oxygen atoms in total. The van der Waals surface area contributed by atoms with Crippen LogP contribution in [0.5, 0.6) is 0 Å². The van der Waals surface area contributed by atoms with Crippen molar-refractivity contribution in [3.63, 3.8) is 0 Å². The minimum atomic E-state index is -0.353. The topological polar surface area (TPSA) is 141 Å². The van der Waals surface area contributed by atoms with E-state index in [0.717, 1.165) is 59.7 Å². The van der Waals surface area contributed by atoms with Gasteiger partial charge in [-0.2, -0.15) is 20.7 Å². The average Bonchev–Trinajstić information content (AvgIpc) is 3.79. The number of rotatable bonds is 5. The van der Waals surface area contributed by atoms with E-state index in [9.17, 15) is 15.3 Å². The van der Waals surface area contributed by atoms with Gasteiger partial charge in [0.05, 0.1) is 28.5 Å². The molecular weight excluding hydrogens is 540 g/mol. The molecule has 6 heterocycles. The molecule has 1 amide bonds. The molecule has 7 rings (SSSR count). The molecule has 0 aromatic carbocycles. The van der Waals surface area contributed by atoms with Gasteiger partial charge in [0.15, 0.2) is 0 Å². The second-order valence-electron chi connectivity index (χ2n) is 11.7. The van der Waals surface area contributed by atoms with Gasteiger partial charge in [0.1, 0.15) is 23.7 Å². The zero-order valence-corrected chi connectivity index (χ0v) is 23.8. The maximum atomic E-state index is 13.0. The van der Waals surface area contributed by atoms with E-state index in [1.807, 2.05) is 49.9 Å². The molecule has 5 aromatic heterocycles. The number of nitrogens with zero attached hydrogens (tertiary/aromatic N) is 9. The Kier molecular flexibility index (Phi) is 6.17. The second-order valence-corrected chi connectivity index (χ2v) is 11.7. The number of aromatic nitrogens is 6. The zero-order chi connectivity index (χ0) is 29.7. The first-order valence-electron chi connectivity index (χ1n) is 14.1. The highest BCUT2D eigenvalue weighted by molar-refractivity contribution is 5.95. The molecule has 0 spiro atoms. The van der Waals surface area contributed by atoms with Gasteiger partial charge in [-0.15, -0.1) is 0 Å². The van der Waals surface area contributed by atoms with E-state index in [0.29, 0.717) is 17.4 Å². The van der Waals surface area contributed by atoms with Gasteiger partial charge < -0.3 is 10.2 Å². The predicted octanol–water partition coefficient (Wildman–Crippen LogP) is 3.97. The van der Waals surface area contributed by atoms with E-state index in [1.54, 1.807) is 27.5 Å². The van der Waals surface area contributed by atoms with Gasteiger partial charge in [-0.05, 0) is 68.0 Å². The molecule has 1 aliphatic carbocycles. The first-order chi connectivity index (χ1) is 20.8. The number of fused-ring (bicyclic) bond motifs is 2. The standard InChI is InChI=1S/C32H28N10O/c1-32(38-31(43)29-20(13-33)4-3-8-35-29)11-23-17-41(18-24(23)12-32)28-6-5-21(15-36-28)26-10-22(27-7-9-40(2)39-27)19-42-30(26)25(14-34)16-37-42/h3-10,15-16,19,23-24H,11-12,17-18H2,1-2H3,(H,38,43)/t23-,24+,32?. The van der Waals surface area contributed by atoms with E-state index < -0.39 is 0 Å². The predicted molar refractivity (Wildman–Crippen MR) is 159 cm³/mol. The van der Waals surface area contributed by atoms with Crippen molar-refractivity contribution in [1.29, 1.82) is 10.5 Å². The molecule has 2 fully saturated rings. The lowest BCUT2D eigenvalue weighted by Crippen LogP contribution is -2.45. The summed E-state index contributed by atoms with van der Waals surface area (Å²) in [6, 6.07) is 15.7. The van der Waals surface area contributed by atoms with Gasteiger partial charge in [-0.25, -0.2) is 14.5 Å². The maximum Gasteiger partial charge on any atom is 0.271 e. The van der Waals surface area contributed by atoms with Crippen molar-refractivity contribution in [1.82, 2.24) is 34.7 Å². The fraction of sp³-hybridized carbons (Fsp3) is 0.281. The van der Waals surface area contributed by atoms with Gasteiger partial charge in [0, 0.05) is 67.2 Å². The van der Waals surface area contributed by atoms with Gasteiger partial charge in [-0.1, -0.05) is 0 Å². The van der Waals surface area contributed by atoms with Crippen LogP contribution in [0.1, 0.15) is 41.4 Å². The van der Waals surface area contributed by atoms with Crippen LogP contribution in [0, 0.1) is 34.5 Å².